The minimum atomic E-state index is -0.421. The van der Waals surface area contributed by atoms with Gasteiger partial charge in [-0.3, -0.25) is 0 Å². The van der Waals surface area contributed by atoms with Crippen LogP contribution in [-0.2, 0) is 0 Å². The molecule has 0 unspecified atom stereocenters. The molecule has 0 nitrogen and oxygen atoms in total. The third kappa shape index (κ3) is 6.36. The maximum atomic E-state index is 5.92. The molecular weight excluding hydrogens is 271 g/mol. The maximum absolute atomic E-state index is 5.92. The summed E-state index contributed by atoms with van der Waals surface area (Å²) in [6, 6.07) is 10.2. The molecule has 0 amide bonds. The molecule has 0 fully saturated rings. The second-order valence-electron chi connectivity index (χ2n) is 2.87. The van der Waals surface area contributed by atoms with Crippen molar-refractivity contribution in [3.05, 3.63) is 41.4 Å². The Balaban J connectivity index is 2.32. The van der Waals surface area contributed by atoms with Crippen LogP contribution in [-0.4, -0.2) is 10.6 Å². The predicted molar refractivity (Wildman–Crippen MR) is 71.2 cm³/mol. The molecule has 1 aromatic rings. The summed E-state index contributed by atoms with van der Waals surface area (Å²) in [4.78, 5) is 0.807. The number of halogens is 3. The number of allylic oxidation sites excluding steroid dienone is 1. The minimum Gasteiger partial charge on any atom is -0.122 e. The lowest BCUT2D eigenvalue weighted by molar-refractivity contribution is 1.13. The summed E-state index contributed by atoms with van der Waals surface area (Å²) in [7, 11) is 0. The Morgan fingerprint density at radius 3 is 2.53 bits per heavy atom. The van der Waals surface area contributed by atoms with Gasteiger partial charge in [0.05, 0.1) is 0 Å². The highest BCUT2D eigenvalue weighted by Crippen LogP contribution is 2.21. The van der Waals surface area contributed by atoms with Crippen molar-refractivity contribution < 1.29 is 0 Å². The molecule has 0 heterocycles. The molecule has 0 aliphatic carbocycles. The van der Waals surface area contributed by atoms with Crippen molar-refractivity contribution in [3.63, 3.8) is 0 Å². The SMILES string of the molecule is ClC(=CCSc1ccccc1)CC(Cl)Cl. The van der Waals surface area contributed by atoms with E-state index in [0.29, 0.717) is 11.5 Å². The fourth-order valence-electron chi connectivity index (χ4n) is 0.976. The number of alkyl halides is 2. The Kier molecular flexibility index (Phi) is 6.58. The van der Waals surface area contributed by atoms with Gasteiger partial charge in [-0.1, -0.05) is 35.9 Å². The van der Waals surface area contributed by atoms with Crippen LogP contribution in [0.5, 0.6) is 0 Å². The Hall–Kier alpha value is 0.180. The number of rotatable bonds is 5. The predicted octanol–water partition coefficient (Wildman–Crippen LogP) is 5.10. The standard InChI is InChI=1S/C11H11Cl3S/c12-9(8-11(13)14)6-7-15-10-4-2-1-3-5-10/h1-6,11H,7-8H2. The highest BCUT2D eigenvalue weighted by atomic mass is 35.5. The number of hydrogen-bond donors (Lipinski definition) is 0. The van der Waals surface area contributed by atoms with Gasteiger partial charge in [0, 0.05) is 22.1 Å². The fourth-order valence-corrected chi connectivity index (χ4v) is 2.62. The molecule has 0 atom stereocenters. The van der Waals surface area contributed by atoms with Crippen molar-refractivity contribution in [2.75, 3.05) is 5.75 Å². The van der Waals surface area contributed by atoms with E-state index >= 15 is 0 Å². The van der Waals surface area contributed by atoms with Crippen LogP contribution in [0.4, 0.5) is 0 Å². The summed E-state index contributed by atoms with van der Waals surface area (Å²) in [5.74, 6) is 0.837. The molecule has 0 saturated carbocycles. The molecule has 0 N–H and O–H groups in total. The van der Waals surface area contributed by atoms with Crippen LogP contribution in [0.25, 0.3) is 0 Å². The van der Waals surface area contributed by atoms with E-state index in [9.17, 15) is 0 Å². The highest BCUT2D eigenvalue weighted by molar-refractivity contribution is 7.99. The van der Waals surface area contributed by atoms with Gasteiger partial charge in [-0.05, 0) is 12.1 Å². The number of hydrogen-bond acceptors (Lipinski definition) is 1. The topological polar surface area (TPSA) is 0 Å². The van der Waals surface area contributed by atoms with Gasteiger partial charge < -0.3 is 0 Å². The zero-order valence-corrected chi connectivity index (χ0v) is 11.1. The van der Waals surface area contributed by atoms with Crippen LogP contribution in [0.2, 0.25) is 0 Å². The molecule has 15 heavy (non-hydrogen) atoms. The van der Waals surface area contributed by atoms with Crippen LogP contribution >= 0.6 is 46.6 Å². The van der Waals surface area contributed by atoms with E-state index in [1.54, 1.807) is 11.8 Å². The maximum Gasteiger partial charge on any atom is 0.112 e. The van der Waals surface area contributed by atoms with E-state index in [1.807, 2.05) is 24.3 Å². The lowest BCUT2D eigenvalue weighted by Gasteiger charge is -2.00. The molecule has 82 valence electrons. The Bertz CT molecular complexity index is 309. The molecule has 0 bridgehead atoms. The molecule has 0 saturated heterocycles. The van der Waals surface area contributed by atoms with Crippen molar-refractivity contribution in [3.8, 4) is 0 Å². The van der Waals surface area contributed by atoms with E-state index < -0.39 is 4.84 Å². The Labute approximate surface area is 110 Å². The zero-order valence-electron chi connectivity index (χ0n) is 8.00. The molecule has 0 radical (unpaired) electrons. The molecular formula is C11H11Cl3S. The molecule has 1 rings (SSSR count). The first-order chi connectivity index (χ1) is 7.18. The molecule has 1 aromatic carbocycles. The van der Waals surface area contributed by atoms with Gasteiger partial charge in [0.1, 0.15) is 4.84 Å². The van der Waals surface area contributed by atoms with E-state index in [-0.39, 0.29) is 0 Å². The summed E-state index contributed by atoms with van der Waals surface area (Å²) < 4.78 is 0. The third-order valence-corrected chi connectivity index (χ3v) is 3.20. The van der Waals surface area contributed by atoms with Gasteiger partial charge >= 0.3 is 0 Å². The Morgan fingerprint density at radius 1 is 1.27 bits per heavy atom. The lowest BCUT2D eigenvalue weighted by atomic mass is 10.4. The molecule has 0 aliphatic heterocycles. The van der Waals surface area contributed by atoms with Crippen molar-refractivity contribution in [1.82, 2.24) is 0 Å². The van der Waals surface area contributed by atoms with E-state index in [0.717, 1.165) is 5.75 Å². The first kappa shape index (κ1) is 13.2. The quantitative estimate of drug-likeness (QED) is 0.535. The van der Waals surface area contributed by atoms with Crippen LogP contribution in [0, 0.1) is 0 Å². The van der Waals surface area contributed by atoms with Crippen LogP contribution in [0.1, 0.15) is 6.42 Å². The lowest BCUT2D eigenvalue weighted by Crippen LogP contribution is -1.86. The van der Waals surface area contributed by atoms with E-state index in [1.165, 1.54) is 4.90 Å². The summed E-state index contributed by atoms with van der Waals surface area (Å²) in [6.45, 7) is 0. The van der Waals surface area contributed by atoms with Gasteiger partial charge in [0.25, 0.3) is 0 Å². The zero-order chi connectivity index (χ0) is 11.1. The first-order valence-electron chi connectivity index (χ1n) is 4.49. The monoisotopic (exact) mass is 280 g/mol. The van der Waals surface area contributed by atoms with E-state index in [4.69, 9.17) is 34.8 Å². The fraction of sp³-hybridized carbons (Fsp3) is 0.273. The smallest absolute Gasteiger partial charge is 0.112 e. The second kappa shape index (κ2) is 7.45. The minimum absolute atomic E-state index is 0.421. The number of benzene rings is 1. The first-order valence-corrected chi connectivity index (χ1v) is 6.72. The van der Waals surface area contributed by atoms with E-state index in [2.05, 4.69) is 12.1 Å². The largest absolute Gasteiger partial charge is 0.122 e. The third-order valence-electron chi connectivity index (χ3n) is 1.65. The van der Waals surface area contributed by atoms with Crippen LogP contribution in [0.3, 0.4) is 0 Å². The summed E-state index contributed by atoms with van der Waals surface area (Å²) >= 11 is 18.9. The molecule has 0 spiro atoms. The summed E-state index contributed by atoms with van der Waals surface area (Å²) in [5.41, 5.74) is 0. The van der Waals surface area contributed by atoms with Gasteiger partial charge in [-0.15, -0.1) is 35.0 Å². The number of thioether (sulfide) groups is 1. The molecule has 0 aromatic heterocycles. The average molecular weight is 282 g/mol. The summed E-state index contributed by atoms with van der Waals surface area (Å²) in [6.07, 6.45) is 2.46. The average Bonchev–Trinajstić information content (AvgIpc) is 2.18. The normalized spacial score (nSPS) is 12.1. The van der Waals surface area contributed by atoms with Crippen molar-refractivity contribution in [1.29, 1.82) is 0 Å². The van der Waals surface area contributed by atoms with Gasteiger partial charge in [0.2, 0.25) is 0 Å². The van der Waals surface area contributed by atoms with Crippen molar-refractivity contribution in [2.24, 2.45) is 0 Å². The highest BCUT2D eigenvalue weighted by Gasteiger charge is 2.01. The van der Waals surface area contributed by atoms with Crippen molar-refractivity contribution in [2.45, 2.75) is 16.2 Å². The Morgan fingerprint density at radius 2 is 1.93 bits per heavy atom. The van der Waals surface area contributed by atoms with Gasteiger partial charge in [-0.2, -0.15) is 0 Å². The van der Waals surface area contributed by atoms with Crippen molar-refractivity contribution >= 4 is 46.6 Å². The van der Waals surface area contributed by atoms with Crippen LogP contribution in [0.15, 0.2) is 46.3 Å². The van der Waals surface area contributed by atoms with Crippen LogP contribution < -0.4 is 0 Å². The van der Waals surface area contributed by atoms with Gasteiger partial charge in [0.15, 0.2) is 0 Å². The summed E-state index contributed by atoms with van der Waals surface area (Å²) in [5, 5.41) is 0.716. The van der Waals surface area contributed by atoms with Gasteiger partial charge in [-0.25, -0.2) is 0 Å². The molecule has 0 aliphatic rings. The molecule has 4 heteroatoms. The second-order valence-corrected chi connectivity index (χ2v) is 5.73.